The normalized spacial score (nSPS) is 12.8. The molecule has 2 aromatic rings. The molecule has 24 heavy (non-hydrogen) atoms. The van der Waals surface area contributed by atoms with Crippen LogP contribution in [0.2, 0.25) is 4.34 Å². The van der Waals surface area contributed by atoms with Gasteiger partial charge < -0.3 is 9.47 Å². The van der Waals surface area contributed by atoms with E-state index in [1.807, 2.05) is 0 Å². The molecule has 0 radical (unpaired) electrons. The van der Waals surface area contributed by atoms with Crippen molar-refractivity contribution in [2.75, 3.05) is 20.8 Å². The summed E-state index contributed by atoms with van der Waals surface area (Å²) in [6, 6.07) is 9.01. The van der Waals surface area contributed by atoms with Crippen LogP contribution in [0.4, 0.5) is 0 Å². The Labute approximate surface area is 149 Å². The molecule has 0 amide bonds. The topological polar surface area (TPSA) is 81.7 Å². The highest BCUT2D eigenvalue weighted by atomic mass is 35.5. The Morgan fingerprint density at radius 2 is 1.88 bits per heavy atom. The molecule has 0 aliphatic rings. The molecule has 1 atom stereocenters. The molecule has 130 valence electrons. The minimum Gasteiger partial charge on any atom is -0.465 e. The van der Waals surface area contributed by atoms with Gasteiger partial charge in [0.15, 0.2) is 0 Å². The molecular formula is C15H16ClNO5S2. The van der Waals surface area contributed by atoms with Crippen LogP contribution in [-0.4, -0.2) is 35.2 Å². The van der Waals surface area contributed by atoms with Crippen molar-refractivity contribution in [1.29, 1.82) is 0 Å². The molecule has 2 rings (SSSR count). The summed E-state index contributed by atoms with van der Waals surface area (Å²) < 4.78 is 37.7. The van der Waals surface area contributed by atoms with Crippen molar-refractivity contribution in [3.8, 4) is 0 Å². The van der Waals surface area contributed by atoms with Gasteiger partial charge in [-0.2, -0.15) is 0 Å². The fourth-order valence-corrected chi connectivity index (χ4v) is 4.13. The Bertz CT molecular complexity index is 802. The number of ether oxygens (including phenoxy) is 2. The predicted octanol–water partition coefficient (Wildman–Crippen LogP) is 2.85. The van der Waals surface area contributed by atoms with Crippen LogP contribution in [-0.2, 0) is 19.5 Å². The van der Waals surface area contributed by atoms with Crippen molar-refractivity contribution in [2.24, 2.45) is 0 Å². The lowest BCUT2D eigenvalue weighted by atomic mass is 10.2. The molecule has 6 nitrogen and oxygen atoms in total. The monoisotopic (exact) mass is 389 g/mol. The fourth-order valence-electron chi connectivity index (χ4n) is 1.96. The summed E-state index contributed by atoms with van der Waals surface area (Å²) in [7, 11) is -0.968. The summed E-state index contributed by atoms with van der Waals surface area (Å²) >= 11 is 7.21. The number of carbonyl (C=O) groups is 1. The van der Waals surface area contributed by atoms with E-state index in [1.54, 1.807) is 12.1 Å². The maximum Gasteiger partial charge on any atom is 0.337 e. The Morgan fingerprint density at radius 3 is 2.38 bits per heavy atom. The largest absolute Gasteiger partial charge is 0.465 e. The molecule has 0 fully saturated rings. The molecule has 0 bridgehead atoms. The van der Waals surface area contributed by atoms with Crippen molar-refractivity contribution in [3.05, 3.63) is 51.2 Å². The highest BCUT2D eigenvalue weighted by molar-refractivity contribution is 7.89. The van der Waals surface area contributed by atoms with Gasteiger partial charge >= 0.3 is 5.97 Å². The lowest BCUT2D eigenvalue weighted by molar-refractivity contribution is 0.0600. The van der Waals surface area contributed by atoms with Crippen LogP contribution in [0.3, 0.4) is 0 Å². The van der Waals surface area contributed by atoms with Crippen LogP contribution in [0, 0.1) is 0 Å². The summed E-state index contributed by atoms with van der Waals surface area (Å²) in [5, 5.41) is 0. The van der Waals surface area contributed by atoms with Gasteiger partial charge in [0.2, 0.25) is 10.0 Å². The van der Waals surface area contributed by atoms with E-state index in [-0.39, 0.29) is 17.0 Å². The number of benzene rings is 1. The molecule has 1 aromatic carbocycles. The zero-order valence-corrected chi connectivity index (χ0v) is 15.4. The van der Waals surface area contributed by atoms with E-state index in [4.69, 9.17) is 16.3 Å². The second kappa shape index (κ2) is 8.09. The number of nitrogens with one attached hydrogen (secondary N) is 1. The van der Waals surface area contributed by atoms with Gasteiger partial charge in [0, 0.05) is 18.5 Å². The lowest BCUT2D eigenvalue weighted by Crippen LogP contribution is -2.29. The lowest BCUT2D eigenvalue weighted by Gasteiger charge is -2.15. The third-order valence-electron chi connectivity index (χ3n) is 3.24. The Hall–Kier alpha value is -1.45. The van der Waals surface area contributed by atoms with Gasteiger partial charge in [-0.25, -0.2) is 17.9 Å². The van der Waals surface area contributed by atoms with Crippen LogP contribution in [0.5, 0.6) is 0 Å². The van der Waals surface area contributed by atoms with Gasteiger partial charge in [0.25, 0.3) is 0 Å². The zero-order chi connectivity index (χ0) is 17.7. The third-order valence-corrected chi connectivity index (χ3v) is 6.00. The number of thiophene rings is 1. The first-order valence-corrected chi connectivity index (χ1v) is 9.51. The van der Waals surface area contributed by atoms with Crippen molar-refractivity contribution in [3.63, 3.8) is 0 Å². The minimum absolute atomic E-state index is 0.0502. The average molecular weight is 390 g/mol. The molecular weight excluding hydrogens is 374 g/mol. The maximum absolute atomic E-state index is 12.3. The van der Waals surface area contributed by atoms with Crippen molar-refractivity contribution >= 4 is 38.9 Å². The molecule has 0 spiro atoms. The number of methoxy groups -OCH3 is 2. The Morgan fingerprint density at radius 1 is 1.21 bits per heavy atom. The number of sulfonamides is 1. The summed E-state index contributed by atoms with van der Waals surface area (Å²) in [5.74, 6) is -0.527. The summed E-state index contributed by atoms with van der Waals surface area (Å²) in [5.41, 5.74) is 0.277. The summed E-state index contributed by atoms with van der Waals surface area (Å²) in [6.45, 7) is 0.0639. The van der Waals surface area contributed by atoms with E-state index in [1.165, 1.54) is 49.8 Å². The number of esters is 1. The minimum atomic E-state index is -3.73. The SMILES string of the molecule is COC(=O)c1ccc(S(=O)(=O)NC[C@@H](OC)c2ccc(Cl)s2)cc1. The van der Waals surface area contributed by atoms with E-state index in [0.717, 1.165) is 4.88 Å². The van der Waals surface area contributed by atoms with Gasteiger partial charge in [-0.05, 0) is 36.4 Å². The van der Waals surface area contributed by atoms with Crippen molar-refractivity contribution in [1.82, 2.24) is 4.72 Å². The van der Waals surface area contributed by atoms with Gasteiger partial charge in [0.05, 0.1) is 21.9 Å². The first-order chi connectivity index (χ1) is 11.4. The van der Waals surface area contributed by atoms with Gasteiger partial charge in [-0.3, -0.25) is 0 Å². The average Bonchev–Trinajstić information content (AvgIpc) is 3.01. The fraction of sp³-hybridized carbons (Fsp3) is 0.267. The summed E-state index contributed by atoms with van der Waals surface area (Å²) in [4.78, 5) is 12.2. The highest BCUT2D eigenvalue weighted by Gasteiger charge is 2.19. The number of halogens is 1. The maximum atomic E-state index is 12.3. The van der Waals surface area contributed by atoms with Crippen molar-refractivity contribution < 1.29 is 22.7 Å². The molecule has 0 aliphatic heterocycles. The van der Waals surface area contributed by atoms with Gasteiger partial charge in [-0.1, -0.05) is 11.6 Å². The molecule has 0 saturated carbocycles. The molecule has 9 heteroatoms. The standard InChI is InChI=1S/C15H16ClNO5S2/c1-21-12(13-7-8-14(16)23-13)9-17-24(19,20)11-5-3-10(4-6-11)15(18)22-2/h3-8,12,17H,9H2,1-2H3/t12-/m1/s1. The van der Waals surface area contributed by atoms with Crippen LogP contribution < -0.4 is 4.72 Å². The van der Waals surface area contributed by atoms with Crippen molar-refractivity contribution in [2.45, 2.75) is 11.0 Å². The highest BCUT2D eigenvalue weighted by Crippen LogP contribution is 2.28. The number of hydrogen-bond acceptors (Lipinski definition) is 6. The number of hydrogen-bond donors (Lipinski definition) is 1. The van der Waals surface area contributed by atoms with E-state index >= 15 is 0 Å². The van der Waals surface area contributed by atoms with E-state index in [2.05, 4.69) is 9.46 Å². The van der Waals surface area contributed by atoms with Crippen LogP contribution in [0.15, 0.2) is 41.3 Å². The number of rotatable bonds is 7. The molecule has 1 N–H and O–H groups in total. The first-order valence-electron chi connectivity index (χ1n) is 6.83. The first kappa shape index (κ1) is 18.9. The smallest absolute Gasteiger partial charge is 0.337 e. The van der Waals surface area contributed by atoms with Gasteiger partial charge in [-0.15, -0.1) is 11.3 Å². The third kappa shape index (κ3) is 4.55. The molecule has 0 unspecified atom stereocenters. The Balaban J connectivity index is 2.08. The van der Waals surface area contributed by atoms with Crippen LogP contribution in [0.1, 0.15) is 21.3 Å². The second-order valence-corrected chi connectivity index (χ2v) is 8.25. The number of carbonyl (C=O) groups excluding carboxylic acids is 1. The summed E-state index contributed by atoms with van der Waals surface area (Å²) in [6.07, 6.45) is -0.438. The van der Waals surface area contributed by atoms with E-state index < -0.39 is 22.1 Å². The van der Waals surface area contributed by atoms with Gasteiger partial charge in [0.1, 0.15) is 6.10 Å². The van der Waals surface area contributed by atoms with Crippen LogP contribution in [0.25, 0.3) is 0 Å². The van der Waals surface area contributed by atoms with Crippen LogP contribution >= 0.6 is 22.9 Å². The van der Waals surface area contributed by atoms with E-state index in [9.17, 15) is 13.2 Å². The second-order valence-electron chi connectivity index (χ2n) is 4.73. The molecule has 0 aliphatic carbocycles. The van der Waals surface area contributed by atoms with E-state index in [0.29, 0.717) is 4.34 Å². The zero-order valence-electron chi connectivity index (χ0n) is 13.0. The molecule has 0 saturated heterocycles. The molecule has 1 heterocycles. The predicted molar refractivity (Wildman–Crippen MR) is 92.0 cm³/mol. The quantitative estimate of drug-likeness (QED) is 0.736. The molecule has 1 aromatic heterocycles. The Kier molecular flexibility index (Phi) is 6.36.